The minimum Gasteiger partial charge on any atom is -0.383 e. The van der Waals surface area contributed by atoms with Crippen LogP contribution in [0.1, 0.15) is 10.4 Å². The SMILES string of the molecule is Cl.N=C(N)c1cc2c(C(F)(F)F)cccc2s1. The van der Waals surface area contributed by atoms with Crippen molar-refractivity contribution in [3.05, 3.63) is 34.7 Å². The molecule has 0 aliphatic rings. The normalized spacial score (nSPS) is 11.2. The number of thiophene rings is 1. The Morgan fingerprint density at radius 3 is 2.47 bits per heavy atom. The molecule has 0 spiro atoms. The number of rotatable bonds is 1. The van der Waals surface area contributed by atoms with E-state index in [2.05, 4.69) is 0 Å². The second-order valence-electron chi connectivity index (χ2n) is 3.24. The zero-order valence-corrected chi connectivity index (χ0v) is 9.97. The Kier molecular flexibility index (Phi) is 3.68. The summed E-state index contributed by atoms with van der Waals surface area (Å²) in [6, 6.07) is 5.28. The van der Waals surface area contributed by atoms with Crippen molar-refractivity contribution in [1.82, 2.24) is 0 Å². The van der Waals surface area contributed by atoms with Crippen molar-refractivity contribution in [3.63, 3.8) is 0 Å². The molecule has 0 fully saturated rings. The number of benzene rings is 1. The first-order chi connectivity index (χ1) is 7.39. The van der Waals surface area contributed by atoms with E-state index in [1.165, 1.54) is 12.1 Å². The average Bonchev–Trinajstić information content (AvgIpc) is 2.58. The van der Waals surface area contributed by atoms with Gasteiger partial charge in [0.2, 0.25) is 0 Å². The van der Waals surface area contributed by atoms with Crippen LogP contribution in [0, 0.1) is 5.41 Å². The van der Waals surface area contributed by atoms with Crippen LogP contribution in [-0.4, -0.2) is 5.84 Å². The van der Waals surface area contributed by atoms with Crippen LogP contribution in [-0.2, 0) is 6.18 Å². The number of halogens is 4. The summed E-state index contributed by atoms with van der Waals surface area (Å²) >= 11 is 1.09. The van der Waals surface area contributed by atoms with Crippen molar-refractivity contribution in [3.8, 4) is 0 Å². The van der Waals surface area contributed by atoms with E-state index in [0.717, 1.165) is 17.4 Å². The van der Waals surface area contributed by atoms with E-state index in [0.29, 0.717) is 9.58 Å². The number of nitrogens with one attached hydrogen (secondary N) is 1. The summed E-state index contributed by atoms with van der Waals surface area (Å²) in [5, 5.41) is 7.30. The molecule has 1 aromatic carbocycles. The zero-order chi connectivity index (χ0) is 11.9. The highest BCUT2D eigenvalue weighted by Crippen LogP contribution is 2.37. The lowest BCUT2D eigenvalue weighted by molar-refractivity contribution is -0.136. The van der Waals surface area contributed by atoms with Gasteiger partial charge in [-0.15, -0.1) is 23.7 Å². The highest BCUT2D eigenvalue weighted by atomic mass is 35.5. The van der Waals surface area contributed by atoms with Crippen LogP contribution in [0.4, 0.5) is 13.2 Å². The summed E-state index contributed by atoms with van der Waals surface area (Å²) in [5.41, 5.74) is 4.56. The van der Waals surface area contributed by atoms with Crippen molar-refractivity contribution < 1.29 is 13.2 Å². The van der Waals surface area contributed by atoms with Gasteiger partial charge in [-0.05, 0) is 18.2 Å². The van der Waals surface area contributed by atoms with Crippen LogP contribution in [0.2, 0.25) is 0 Å². The molecule has 17 heavy (non-hydrogen) atoms. The van der Waals surface area contributed by atoms with Gasteiger partial charge in [-0.1, -0.05) is 6.07 Å². The minimum absolute atomic E-state index is 0. The average molecular weight is 281 g/mol. The van der Waals surface area contributed by atoms with Crippen molar-refractivity contribution in [2.24, 2.45) is 5.73 Å². The number of hydrogen-bond donors (Lipinski definition) is 2. The molecular weight excluding hydrogens is 273 g/mol. The third kappa shape index (κ3) is 2.53. The van der Waals surface area contributed by atoms with Gasteiger partial charge >= 0.3 is 6.18 Å². The number of fused-ring (bicyclic) bond motifs is 1. The monoisotopic (exact) mass is 280 g/mol. The molecule has 1 heterocycles. The first kappa shape index (κ1) is 13.8. The van der Waals surface area contributed by atoms with E-state index >= 15 is 0 Å². The zero-order valence-electron chi connectivity index (χ0n) is 8.34. The molecule has 1 aromatic heterocycles. The summed E-state index contributed by atoms with van der Waals surface area (Å²) in [6.45, 7) is 0. The molecular formula is C10H8ClF3N2S. The van der Waals surface area contributed by atoms with Gasteiger partial charge in [0, 0.05) is 10.1 Å². The molecule has 0 bridgehead atoms. The van der Waals surface area contributed by atoms with Crippen LogP contribution in [0.15, 0.2) is 24.3 Å². The lowest BCUT2D eigenvalue weighted by Crippen LogP contribution is -2.08. The van der Waals surface area contributed by atoms with Crippen LogP contribution < -0.4 is 5.73 Å². The minimum atomic E-state index is -4.38. The van der Waals surface area contributed by atoms with Crippen molar-refractivity contribution in [2.45, 2.75) is 6.18 Å². The predicted octanol–water partition coefficient (Wildman–Crippen LogP) is 3.63. The fraction of sp³-hybridized carbons (Fsp3) is 0.100. The fourth-order valence-corrected chi connectivity index (χ4v) is 2.39. The van der Waals surface area contributed by atoms with Gasteiger partial charge in [-0.3, -0.25) is 5.41 Å². The van der Waals surface area contributed by atoms with Crippen molar-refractivity contribution in [1.29, 1.82) is 5.41 Å². The van der Waals surface area contributed by atoms with E-state index < -0.39 is 11.7 Å². The summed E-state index contributed by atoms with van der Waals surface area (Å²) in [5.74, 6) is -0.214. The van der Waals surface area contributed by atoms with Gasteiger partial charge < -0.3 is 5.73 Å². The third-order valence-electron chi connectivity index (χ3n) is 2.13. The Hall–Kier alpha value is -1.27. The van der Waals surface area contributed by atoms with Gasteiger partial charge in [0.25, 0.3) is 0 Å². The maximum absolute atomic E-state index is 12.6. The molecule has 2 aromatic rings. The molecule has 0 saturated heterocycles. The van der Waals surface area contributed by atoms with Crippen molar-refractivity contribution in [2.75, 3.05) is 0 Å². The maximum atomic E-state index is 12.6. The summed E-state index contributed by atoms with van der Waals surface area (Å²) in [7, 11) is 0. The van der Waals surface area contributed by atoms with E-state index in [1.54, 1.807) is 6.07 Å². The van der Waals surface area contributed by atoms with E-state index in [-0.39, 0.29) is 23.6 Å². The molecule has 3 N–H and O–H groups in total. The second kappa shape index (κ2) is 4.54. The molecule has 0 unspecified atom stereocenters. The number of nitrogens with two attached hydrogens (primary N) is 1. The van der Waals surface area contributed by atoms with Gasteiger partial charge in [-0.25, -0.2) is 0 Å². The van der Waals surface area contributed by atoms with Crippen molar-refractivity contribution >= 4 is 39.7 Å². The van der Waals surface area contributed by atoms with E-state index in [9.17, 15) is 13.2 Å². The molecule has 0 aliphatic carbocycles. The maximum Gasteiger partial charge on any atom is 0.417 e. The number of amidine groups is 1. The third-order valence-corrected chi connectivity index (χ3v) is 3.27. The molecule has 7 heteroatoms. The topological polar surface area (TPSA) is 49.9 Å². The molecule has 2 nitrogen and oxygen atoms in total. The van der Waals surface area contributed by atoms with Crippen LogP contribution in [0.5, 0.6) is 0 Å². The summed E-state index contributed by atoms with van der Waals surface area (Å²) in [6.07, 6.45) is -4.38. The molecule has 0 radical (unpaired) electrons. The Morgan fingerprint density at radius 2 is 1.94 bits per heavy atom. The number of hydrogen-bond acceptors (Lipinski definition) is 2. The Labute approximate surface area is 105 Å². The lowest BCUT2D eigenvalue weighted by atomic mass is 10.1. The molecule has 0 atom stereocenters. The smallest absolute Gasteiger partial charge is 0.383 e. The van der Waals surface area contributed by atoms with Gasteiger partial charge in [-0.2, -0.15) is 13.2 Å². The fourth-order valence-electron chi connectivity index (χ4n) is 1.44. The van der Waals surface area contributed by atoms with Crippen LogP contribution >= 0.6 is 23.7 Å². The standard InChI is InChI=1S/C10H7F3N2S.ClH/c11-10(12,13)6-2-1-3-7-5(6)4-8(16-7)9(14)15;/h1-4H,(H3,14,15);1H. The summed E-state index contributed by atoms with van der Waals surface area (Å²) < 4.78 is 38.4. The highest BCUT2D eigenvalue weighted by molar-refractivity contribution is 7.20. The highest BCUT2D eigenvalue weighted by Gasteiger charge is 2.32. The molecule has 92 valence electrons. The molecule has 0 amide bonds. The quantitative estimate of drug-likeness (QED) is 0.608. The number of alkyl halides is 3. The molecule has 0 aliphatic heterocycles. The number of nitrogen functional groups attached to an aromatic ring is 1. The van der Waals surface area contributed by atoms with E-state index in [4.69, 9.17) is 11.1 Å². The van der Waals surface area contributed by atoms with Gasteiger partial charge in [0.05, 0.1) is 10.4 Å². The first-order valence-electron chi connectivity index (χ1n) is 4.34. The lowest BCUT2D eigenvalue weighted by Gasteiger charge is -2.06. The van der Waals surface area contributed by atoms with Crippen LogP contribution in [0.3, 0.4) is 0 Å². The van der Waals surface area contributed by atoms with E-state index in [1.807, 2.05) is 0 Å². The molecule has 0 saturated carbocycles. The first-order valence-corrected chi connectivity index (χ1v) is 5.15. The van der Waals surface area contributed by atoms with Gasteiger partial charge in [0.1, 0.15) is 5.84 Å². The Balaban J connectivity index is 0.00000144. The summed E-state index contributed by atoms with van der Waals surface area (Å²) in [4.78, 5) is 0.353. The molecule has 2 rings (SSSR count). The predicted molar refractivity (Wildman–Crippen MR) is 65.1 cm³/mol. The van der Waals surface area contributed by atoms with Gasteiger partial charge in [0.15, 0.2) is 0 Å². The Morgan fingerprint density at radius 1 is 1.29 bits per heavy atom. The largest absolute Gasteiger partial charge is 0.417 e. The Bertz CT molecular complexity index is 562. The second-order valence-corrected chi connectivity index (χ2v) is 4.32. The van der Waals surface area contributed by atoms with Crippen LogP contribution in [0.25, 0.3) is 10.1 Å².